The zero-order valence-corrected chi connectivity index (χ0v) is 10.9. The second-order valence-corrected chi connectivity index (χ2v) is 4.93. The summed E-state index contributed by atoms with van der Waals surface area (Å²) in [5, 5.41) is 0. The van der Waals surface area contributed by atoms with Crippen LogP contribution in [0, 0.1) is 0 Å². The molecule has 1 aliphatic heterocycles. The molecule has 0 aromatic carbocycles. The smallest absolute Gasteiger partial charge is 0.307 e. The van der Waals surface area contributed by atoms with Gasteiger partial charge < -0.3 is 9.64 Å². The summed E-state index contributed by atoms with van der Waals surface area (Å²) in [5.41, 5.74) is 0. The lowest BCUT2D eigenvalue weighted by Gasteiger charge is -2.31. The summed E-state index contributed by atoms with van der Waals surface area (Å²) in [4.78, 5) is 15.9. The molecule has 1 aliphatic rings. The Morgan fingerprint density at radius 1 is 1.56 bits per heavy atom. The van der Waals surface area contributed by atoms with Gasteiger partial charge in [-0.25, -0.2) is 0 Å². The van der Waals surface area contributed by atoms with Crippen molar-refractivity contribution < 1.29 is 9.53 Å². The zero-order valence-electron chi connectivity index (χ0n) is 10.9. The molecule has 0 radical (unpaired) electrons. The van der Waals surface area contributed by atoms with Crippen molar-refractivity contribution in [3.05, 3.63) is 0 Å². The van der Waals surface area contributed by atoms with Gasteiger partial charge >= 0.3 is 5.97 Å². The number of hydrogen-bond acceptors (Lipinski definition) is 4. The number of ether oxygens (including phenoxy) is 1. The molecule has 0 saturated carbocycles. The lowest BCUT2D eigenvalue weighted by Crippen LogP contribution is -2.43. The molecule has 1 rings (SSSR count). The zero-order chi connectivity index (χ0) is 12.1. The van der Waals surface area contributed by atoms with E-state index in [2.05, 4.69) is 30.8 Å². The number of hydrogen-bond donors (Lipinski definition) is 0. The molecular weight excluding hydrogens is 204 g/mol. The number of likely N-dealkylation sites (tertiary alicyclic amines) is 1. The SMILES string of the molecule is COC(=O)CC(C)N1CCCC1CN(C)C. The third-order valence-electron chi connectivity index (χ3n) is 3.25. The van der Waals surface area contributed by atoms with Gasteiger partial charge in [-0.15, -0.1) is 0 Å². The third-order valence-corrected chi connectivity index (χ3v) is 3.25. The summed E-state index contributed by atoms with van der Waals surface area (Å²) in [6.45, 7) is 4.30. The molecule has 4 heteroatoms. The van der Waals surface area contributed by atoms with Crippen LogP contribution in [0.2, 0.25) is 0 Å². The predicted molar refractivity (Wildman–Crippen MR) is 64.4 cm³/mol. The predicted octanol–water partition coefficient (Wildman–Crippen LogP) is 0.964. The van der Waals surface area contributed by atoms with E-state index in [0.29, 0.717) is 18.5 Å². The third kappa shape index (κ3) is 3.76. The molecule has 16 heavy (non-hydrogen) atoms. The molecule has 94 valence electrons. The molecule has 0 N–H and O–H groups in total. The Balaban J connectivity index is 2.47. The molecular formula is C12H24N2O2. The minimum Gasteiger partial charge on any atom is -0.469 e. The Labute approximate surface area is 98.5 Å². The number of carbonyl (C=O) groups is 1. The topological polar surface area (TPSA) is 32.8 Å². The van der Waals surface area contributed by atoms with Crippen molar-refractivity contribution in [3.63, 3.8) is 0 Å². The van der Waals surface area contributed by atoms with Crippen molar-refractivity contribution in [1.29, 1.82) is 0 Å². The summed E-state index contributed by atoms with van der Waals surface area (Å²) in [6, 6.07) is 0.884. The van der Waals surface area contributed by atoms with Crippen LogP contribution >= 0.6 is 0 Å². The maximum absolute atomic E-state index is 11.2. The number of carbonyl (C=O) groups excluding carboxylic acids is 1. The summed E-state index contributed by atoms with van der Waals surface area (Å²) in [6.07, 6.45) is 2.98. The highest BCUT2D eigenvalue weighted by molar-refractivity contribution is 5.69. The van der Waals surface area contributed by atoms with Crippen molar-refractivity contribution in [3.8, 4) is 0 Å². The van der Waals surface area contributed by atoms with E-state index in [9.17, 15) is 4.79 Å². The molecule has 0 bridgehead atoms. The lowest BCUT2D eigenvalue weighted by atomic mass is 10.1. The van der Waals surface area contributed by atoms with E-state index < -0.39 is 0 Å². The molecule has 0 aromatic heterocycles. The summed E-state index contributed by atoms with van der Waals surface area (Å²) < 4.78 is 4.72. The van der Waals surface area contributed by atoms with Gasteiger partial charge in [-0.05, 0) is 40.4 Å². The number of likely N-dealkylation sites (N-methyl/N-ethyl adjacent to an activating group) is 1. The van der Waals surface area contributed by atoms with Crippen molar-refractivity contribution >= 4 is 5.97 Å². The van der Waals surface area contributed by atoms with Crippen LogP contribution in [-0.2, 0) is 9.53 Å². The minimum absolute atomic E-state index is 0.108. The standard InChI is InChI=1S/C12H24N2O2/c1-10(8-12(15)16-4)14-7-5-6-11(14)9-13(2)3/h10-11H,5-9H2,1-4H3. The van der Waals surface area contributed by atoms with Gasteiger partial charge in [0.1, 0.15) is 0 Å². The van der Waals surface area contributed by atoms with Gasteiger partial charge in [0.15, 0.2) is 0 Å². The van der Waals surface area contributed by atoms with Gasteiger partial charge in [0.25, 0.3) is 0 Å². The Bertz CT molecular complexity index is 231. The molecule has 0 spiro atoms. The number of esters is 1. The summed E-state index contributed by atoms with van der Waals surface area (Å²) >= 11 is 0. The highest BCUT2D eigenvalue weighted by Gasteiger charge is 2.29. The molecule has 0 aromatic rings. The second-order valence-electron chi connectivity index (χ2n) is 4.93. The molecule has 2 unspecified atom stereocenters. The van der Waals surface area contributed by atoms with Gasteiger partial charge in [0.05, 0.1) is 13.5 Å². The first kappa shape index (κ1) is 13.5. The van der Waals surface area contributed by atoms with Crippen molar-refractivity contribution in [2.75, 3.05) is 34.3 Å². The van der Waals surface area contributed by atoms with Crippen LogP contribution in [0.25, 0.3) is 0 Å². The van der Waals surface area contributed by atoms with Gasteiger partial charge in [0, 0.05) is 18.6 Å². The van der Waals surface area contributed by atoms with Crippen LogP contribution in [0.4, 0.5) is 0 Å². The van der Waals surface area contributed by atoms with Crippen molar-refractivity contribution in [2.45, 2.75) is 38.3 Å². The average molecular weight is 228 g/mol. The molecule has 1 saturated heterocycles. The average Bonchev–Trinajstić information content (AvgIpc) is 2.64. The van der Waals surface area contributed by atoms with E-state index in [1.54, 1.807) is 0 Å². The molecule has 4 nitrogen and oxygen atoms in total. The van der Waals surface area contributed by atoms with Crippen molar-refractivity contribution in [2.24, 2.45) is 0 Å². The van der Waals surface area contributed by atoms with Crippen LogP contribution in [0.15, 0.2) is 0 Å². The monoisotopic (exact) mass is 228 g/mol. The fourth-order valence-corrected chi connectivity index (χ4v) is 2.50. The highest BCUT2D eigenvalue weighted by atomic mass is 16.5. The molecule has 0 aliphatic carbocycles. The van der Waals surface area contributed by atoms with Crippen LogP contribution < -0.4 is 0 Å². The number of methoxy groups -OCH3 is 1. The molecule has 0 amide bonds. The summed E-state index contributed by atoms with van der Waals surface area (Å²) in [5.74, 6) is -0.108. The summed E-state index contributed by atoms with van der Waals surface area (Å²) in [7, 11) is 5.65. The highest BCUT2D eigenvalue weighted by Crippen LogP contribution is 2.22. The Morgan fingerprint density at radius 3 is 2.81 bits per heavy atom. The van der Waals surface area contributed by atoms with Crippen LogP contribution in [0.3, 0.4) is 0 Å². The number of rotatable bonds is 5. The largest absolute Gasteiger partial charge is 0.469 e. The molecule has 1 heterocycles. The quantitative estimate of drug-likeness (QED) is 0.656. The van der Waals surface area contributed by atoms with Crippen molar-refractivity contribution in [1.82, 2.24) is 9.80 Å². The molecule has 1 fully saturated rings. The Kier molecular flexibility index (Phi) is 5.22. The van der Waals surface area contributed by atoms with E-state index in [4.69, 9.17) is 4.74 Å². The van der Waals surface area contributed by atoms with Gasteiger partial charge in [0.2, 0.25) is 0 Å². The Morgan fingerprint density at radius 2 is 2.25 bits per heavy atom. The maximum Gasteiger partial charge on any atom is 0.307 e. The van der Waals surface area contributed by atoms with Crippen LogP contribution in [0.5, 0.6) is 0 Å². The van der Waals surface area contributed by atoms with E-state index >= 15 is 0 Å². The molecule has 2 atom stereocenters. The fourth-order valence-electron chi connectivity index (χ4n) is 2.50. The second kappa shape index (κ2) is 6.21. The van der Waals surface area contributed by atoms with E-state index in [1.165, 1.54) is 20.0 Å². The normalized spacial score (nSPS) is 23.7. The number of nitrogens with zero attached hydrogens (tertiary/aromatic N) is 2. The van der Waals surface area contributed by atoms with Crippen LogP contribution in [-0.4, -0.2) is 62.1 Å². The maximum atomic E-state index is 11.2. The lowest BCUT2D eigenvalue weighted by molar-refractivity contribution is -0.142. The first-order chi connectivity index (χ1) is 7.54. The van der Waals surface area contributed by atoms with Gasteiger partial charge in [-0.2, -0.15) is 0 Å². The van der Waals surface area contributed by atoms with Crippen LogP contribution in [0.1, 0.15) is 26.2 Å². The van der Waals surface area contributed by atoms with Gasteiger partial charge in [-0.1, -0.05) is 0 Å². The van der Waals surface area contributed by atoms with E-state index in [1.807, 2.05) is 0 Å². The Hall–Kier alpha value is -0.610. The first-order valence-electron chi connectivity index (χ1n) is 6.02. The first-order valence-corrected chi connectivity index (χ1v) is 6.02. The van der Waals surface area contributed by atoms with Gasteiger partial charge in [-0.3, -0.25) is 9.69 Å². The fraction of sp³-hybridized carbons (Fsp3) is 0.917. The minimum atomic E-state index is -0.108. The van der Waals surface area contributed by atoms with E-state index in [-0.39, 0.29) is 5.97 Å². The van der Waals surface area contributed by atoms with E-state index in [0.717, 1.165) is 13.1 Å².